The maximum Gasteiger partial charge on any atom is 0.198 e. The fraction of sp³-hybridized carbons (Fsp3) is 1.00. The Hall–Kier alpha value is 0.740. The van der Waals surface area contributed by atoms with Crippen LogP contribution < -0.4 is 0 Å². The van der Waals surface area contributed by atoms with E-state index in [9.17, 15) is 8.42 Å². The zero-order chi connectivity index (χ0) is 9.12. The molecule has 75 valence electrons. The lowest BCUT2D eigenvalue weighted by Crippen LogP contribution is -2.36. The van der Waals surface area contributed by atoms with Gasteiger partial charge in [0.15, 0.2) is 8.87 Å². The van der Waals surface area contributed by atoms with Gasteiger partial charge < -0.3 is 4.48 Å². The summed E-state index contributed by atoms with van der Waals surface area (Å²) in [6.45, 7) is 0.873. The smallest absolute Gasteiger partial charge is 0.198 e. The van der Waals surface area contributed by atoms with Crippen LogP contribution in [0, 0.1) is 0 Å². The zero-order valence-electron chi connectivity index (χ0n) is 7.87. The van der Waals surface area contributed by atoms with Gasteiger partial charge in [0.2, 0.25) is 0 Å². The van der Waals surface area contributed by atoms with Crippen LogP contribution >= 0.6 is 27.8 Å². The third kappa shape index (κ3) is 13.3. The summed E-state index contributed by atoms with van der Waals surface area (Å²) in [7, 11) is 4.31. The maximum absolute atomic E-state index is 10.7. The van der Waals surface area contributed by atoms with Gasteiger partial charge in [-0.3, -0.25) is 0 Å². The number of nitrogens with zero attached hydrogens (tertiary/aromatic N) is 1. The molecule has 6 heteroatoms. The Morgan fingerprint density at radius 3 is 1.92 bits per heavy atom. The van der Waals surface area contributed by atoms with Crippen molar-refractivity contribution in [1.29, 1.82) is 0 Å². The second kappa shape index (κ2) is 5.47. The first-order valence-electron chi connectivity index (χ1n) is 3.35. The van der Waals surface area contributed by atoms with E-state index in [1.165, 1.54) is 6.26 Å². The molecule has 0 bridgehead atoms. The van der Waals surface area contributed by atoms with E-state index < -0.39 is 8.87 Å². The van der Waals surface area contributed by atoms with Crippen molar-refractivity contribution < 1.29 is 12.9 Å². The normalized spacial score (nSPS) is 12.3. The molecule has 0 aliphatic rings. The van der Waals surface area contributed by atoms with Crippen molar-refractivity contribution >= 4 is 36.6 Å². The highest BCUT2D eigenvalue weighted by Crippen LogP contribution is 2.09. The van der Waals surface area contributed by atoms with Gasteiger partial charge in [-0.15, -0.1) is 0 Å². The van der Waals surface area contributed by atoms with Crippen molar-refractivity contribution in [3.8, 4) is 0 Å². The molecule has 0 atom stereocenters. The minimum absolute atomic E-state index is 0. The molecule has 0 saturated heterocycles. The zero-order valence-corrected chi connectivity index (χ0v) is 11.1. The van der Waals surface area contributed by atoms with Gasteiger partial charge in [0.25, 0.3) is 0 Å². The van der Waals surface area contributed by atoms with Crippen molar-refractivity contribution in [3.05, 3.63) is 0 Å². The van der Waals surface area contributed by atoms with Crippen LogP contribution in [0.1, 0.15) is 0 Å². The van der Waals surface area contributed by atoms with E-state index >= 15 is 0 Å². The molecule has 0 aromatic rings. The van der Waals surface area contributed by atoms with Gasteiger partial charge in [0.05, 0.1) is 33.4 Å². The highest BCUT2D eigenvalue weighted by atomic mass is 79.9. The lowest BCUT2D eigenvalue weighted by molar-refractivity contribution is -0.867. The van der Waals surface area contributed by atoms with E-state index in [-0.39, 0.29) is 17.0 Å². The second-order valence-corrected chi connectivity index (χ2v) is 8.12. The molecule has 0 aliphatic heterocycles. The Morgan fingerprint density at radius 2 is 1.67 bits per heavy atom. The predicted molar refractivity (Wildman–Crippen MR) is 59.1 cm³/mol. The average Bonchev–Trinajstić information content (AvgIpc) is 1.55. The number of halogens is 1. The third-order valence-electron chi connectivity index (χ3n) is 1.06. The summed E-state index contributed by atoms with van der Waals surface area (Å²) < 4.78 is 22.2. The highest BCUT2D eigenvalue weighted by Gasteiger charge is 2.09. The van der Waals surface area contributed by atoms with Gasteiger partial charge in [-0.25, -0.2) is 8.42 Å². The van der Waals surface area contributed by atoms with Crippen molar-refractivity contribution in [2.24, 2.45) is 0 Å². The molecule has 0 amide bonds. The van der Waals surface area contributed by atoms with Crippen molar-refractivity contribution in [3.63, 3.8) is 0 Å². The summed E-state index contributed by atoms with van der Waals surface area (Å²) in [4.78, 5) is 0. The molecule has 12 heavy (non-hydrogen) atoms. The van der Waals surface area contributed by atoms with Crippen LogP contribution in [0.2, 0.25) is 0 Å². The Morgan fingerprint density at radius 1 is 1.25 bits per heavy atom. The van der Waals surface area contributed by atoms with Gasteiger partial charge in [-0.05, 0) is 10.8 Å². The van der Waals surface area contributed by atoms with E-state index in [0.717, 1.165) is 21.8 Å². The van der Waals surface area contributed by atoms with E-state index in [1.807, 2.05) is 21.1 Å². The third-order valence-corrected chi connectivity index (χ3v) is 3.62. The molecule has 0 N–H and O–H groups in total. The lowest BCUT2D eigenvalue weighted by Gasteiger charge is -2.22. The molecule has 0 aromatic heterocycles. The SMILES string of the molecule is C[N+](C)(C)CCSS(C)(=O)=O.[Br]. The molecular weight excluding hydrogens is 262 g/mol. The summed E-state index contributed by atoms with van der Waals surface area (Å²) >= 11 is 0. The fourth-order valence-corrected chi connectivity index (χ4v) is 2.52. The molecule has 0 saturated carbocycles. The fourth-order valence-electron chi connectivity index (χ4n) is 0.463. The average molecular weight is 278 g/mol. The van der Waals surface area contributed by atoms with Crippen molar-refractivity contribution in [2.75, 3.05) is 39.7 Å². The molecule has 0 rings (SSSR count). The maximum atomic E-state index is 10.7. The summed E-state index contributed by atoms with van der Waals surface area (Å²) in [5.41, 5.74) is 0. The number of rotatable bonds is 4. The quantitative estimate of drug-likeness (QED) is 0.573. The second-order valence-electron chi connectivity index (χ2n) is 3.54. The molecule has 0 aromatic carbocycles. The minimum atomic E-state index is -2.84. The Kier molecular flexibility index (Phi) is 6.93. The van der Waals surface area contributed by atoms with Crippen LogP contribution in [-0.2, 0) is 8.87 Å². The first-order valence-corrected chi connectivity index (χ1v) is 6.75. The predicted octanol–water partition coefficient (Wildman–Crippen LogP) is 1.23. The van der Waals surface area contributed by atoms with Crippen LogP contribution in [0.25, 0.3) is 0 Å². The minimum Gasteiger partial charge on any atom is -0.330 e. The molecule has 0 aliphatic carbocycles. The van der Waals surface area contributed by atoms with Crippen molar-refractivity contribution in [1.82, 2.24) is 0 Å². The Balaban J connectivity index is 0. The van der Waals surface area contributed by atoms with Crippen molar-refractivity contribution in [2.45, 2.75) is 0 Å². The molecular formula is C6H16BrNO2S2+. The Bertz CT molecular complexity index is 208. The standard InChI is InChI=1S/C6H16NO2S2.Br/c1-7(2,3)5-6-10-11(4,8)9;/h5-6H2,1-4H3;/q+1;. The van der Waals surface area contributed by atoms with E-state index in [2.05, 4.69) is 0 Å². The summed E-state index contributed by atoms with van der Waals surface area (Å²) in [5, 5.41) is 0. The molecule has 1 radical (unpaired) electrons. The molecule has 0 heterocycles. The van der Waals surface area contributed by atoms with Gasteiger partial charge >= 0.3 is 0 Å². The van der Waals surface area contributed by atoms with Crippen LogP contribution in [0.3, 0.4) is 0 Å². The number of hydrogen-bond donors (Lipinski definition) is 0. The highest BCUT2D eigenvalue weighted by molar-refractivity contribution is 8.93. The Labute approximate surface area is 89.2 Å². The first kappa shape index (κ1) is 15.2. The molecule has 0 spiro atoms. The van der Waals surface area contributed by atoms with Crippen LogP contribution in [0.4, 0.5) is 0 Å². The summed E-state index contributed by atoms with van der Waals surface area (Å²) in [6.07, 6.45) is 1.24. The lowest BCUT2D eigenvalue weighted by atomic mass is 10.6. The van der Waals surface area contributed by atoms with Gasteiger partial charge in [-0.1, -0.05) is 0 Å². The van der Waals surface area contributed by atoms with Crippen LogP contribution in [-0.4, -0.2) is 52.6 Å². The van der Waals surface area contributed by atoms with Gasteiger partial charge in [-0.2, -0.15) is 0 Å². The van der Waals surface area contributed by atoms with E-state index in [1.54, 1.807) is 0 Å². The van der Waals surface area contributed by atoms with Gasteiger partial charge in [0, 0.05) is 23.2 Å². The largest absolute Gasteiger partial charge is 0.330 e. The molecule has 3 nitrogen and oxygen atoms in total. The number of quaternary nitrogens is 1. The number of hydrogen-bond acceptors (Lipinski definition) is 3. The van der Waals surface area contributed by atoms with Gasteiger partial charge in [0.1, 0.15) is 0 Å². The monoisotopic (exact) mass is 277 g/mol. The first-order chi connectivity index (χ1) is 4.71. The van der Waals surface area contributed by atoms with Crippen LogP contribution in [0.5, 0.6) is 0 Å². The van der Waals surface area contributed by atoms with E-state index in [0.29, 0.717) is 5.75 Å². The van der Waals surface area contributed by atoms with Crippen LogP contribution in [0.15, 0.2) is 0 Å². The topological polar surface area (TPSA) is 34.1 Å². The molecule has 0 fully saturated rings. The summed E-state index contributed by atoms with van der Waals surface area (Å²) in [5.74, 6) is 0.669. The molecule has 0 unspecified atom stereocenters. The van der Waals surface area contributed by atoms with E-state index in [4.69, 9.17) is 0 Å². The summed E-state index contributed by atoms with van der Waals surface area (Å²) in [6, 6.07) is 0.